The van der Waals surface area contributed by atoms with Gasteiger partial charge in [0.1, 0.15) is 17.7 Å². The highest BCUT2D eigenvalue weighted by Gasteiger charge is 2.19. The predicted molar refractivity (Wildman–Crippen MR) is 106 cm³/mol. The van der Waals surface area contributed by atoms with Crippen molar-refractivity contribution < 1.29 is 9.53 Å². The summed E-state index contributed by atoms with van der Waals surface area (Å²) in [6.45, 7) is 1.80. The van der Waals surface area contributed by atoms with Gasteiger partial charge in [0, 0.05) is 25.4 Å². The van der Waals surface area contributed by atoms with Gasteiger partial charge in [0.25, 0.3) is 5.56 Å². The maximum absolute atomic E-state index is 12.9. The molecule has 1 aromatic carbocycles. The summed E-state index contributed by atoms with van der Waals surface area (Å²) in [5.74, 6) is -0.0575. The molecule has 8 heteroatoms. The van der Waals surface area contributed by atoms with E-state index in [1.54, 1.807) is 13.1 Å². The van der Waals surface area contributed by atoms with Crippen molar-refractivity contribution in [1.29, 1.82) is 0 Å². The number of aromatic nitrogens is 3. The topological polar surface area (TPSA) is 95.2 Å². The van der Waals surface area contributed by atoms with Crippen LogP contribution < -0.4 is 21.3 Å². The first-order chi connectivity index (χ1) is 13.4. The molecule has 0 aliphatic carbocycles. The average Bonchev–Trinajstić information content (AvgIpc) is 2.70. The Morgan fingerprint density at radius 1 is 1.21 bits per heavy atom. The number of carbonyl (C=O) groups excluding carboxylic acids is 1. The Bertz CT molecular complexity index is 1130. The summed E-state index contributed by atoms with van der Waals surface area (Å²) in [6.07, 6.45) is 2.20. The molecule has 3 aromatic rings. The highest BCUT2D eigenvalue weighted by atomic mass is 16.5. The summed E-state index contributed by atoms with van der Waals surface area (Å²) in [5, 5.41) is 2.93. The van der Waals surface area contributed by atoms with E-state index in [1.807, 2.05) is 30.3 Å². The minimum absolute atomic E-state index is 0.182. The Balaban J connectivity index is 1.87. The number of fused-ring (bicyclic) bond motifs is 1. The predicted octanol–water partition coefficient (Wildman–Crippen LogP) is 0.771. The van der Waals surface area contributed by atoms with E-state index in [0.717, 1.165) is 10.1 Å². The molecule has 0 bridgehead atoms. The Morgan fingerprint density at radius 3 is 2.61 bits per heavy atom. The van der Waals surface area contributed by atoms with E-state index in [-0.39, 0.29) is 17.6 Å². The molecule has 1 N–H and O–H groups in total. The van der Waals surface area contributed by atoms with E-state index in [2.05, 4.69) is 10.3 Å². The molecule has 3 rings (SSSR count). The minimum atomic E-state index is -0.603. The van der Waals surface area contributed by atoms with Crippen LogP contribution in [0.25, 0.3) is 11.0 Å². The highest BCUT2D eigenvalue weighted by Crippen LogP contribution is 2.23. The molecule has 0 spiro atoms. The molecule has 0 aliphatic heterocycles. The van der Waals surface area contributed by atoms with Crippen LogP contribution in [0.1, 0.15) is 11.1 Å². The average molecular weight is 382 g/mol. The molecule has 0 unspecified atom stereocenters. The van der Waals surface area contributed by atoms with E-state index in [1.165, 1.54) is 18.7 Å². The molecule has 2 heterocycles. The fourth-order valence-corrected chi connectivity index (χ4v) is 3.11. The standard InChI is InChI=1S/C20H22N4O4/c1-13-11-22-18-16(17(13)28-3)19(26)24(20(27)23(18)2)12-15(25)21-10-9-14-7-5-4-6-8-14/h4-8,11H,9-10,12H2,1-3H3,(H,21,25). The number of nitrogens with one attached hydrogen (secondary N) is 1. The van der Waals surface area contributed by atoms with Crippen molar-refractivity contribution in [3.05, 3.63) is 68.5 Å². The first kappa shape index (κ1) is 19.3. The van der Waals surface area contributed by atoms with Crippen molar-refractivity contribution in [3.63, 3.8) is 0 Å². The second kappa shape index (κ2) is 8.08. The van der Waals surface area contributed by atoms with Gasteiger partial charge in [-0.1, -0.05) is 30.3 Å². The molecule has 1 amide bonds. The van der Waals surface area contributed by atoms with Crippen molar-refractivity contribution >= 4 is 16.9 Å². The van der Waals surface area contributed by atoms with E-state index in [0.29, 0.717) is 24.3 Å². The lowest BCUT2D eigenvalue weighted by Gasteiger charge is -2.13. The van der Waals surface area contributed by atoms with Crippen molar-refractivity contribution in [3.8, 4) is 5.75 Å². The molecule has 0 radical (unpaired) electrons. The zero-order valence-electron chi connectivity index (χ0n) is 16.1. The van der Waals surface area contributed by atoms with Crippen LogP contribution >= 0.6 is 0 Å². The third kappa shape index (κ3) is 3.66. The molecule has 0 atom stereocenters. The number of hydrogen-bond acceptors (Lipinski definition) is 5. The van der Waals surface area contributed by atoms with Gasteiger partial charge in [0.15, 0.2) is 5.65 Å². The Hall–Kier alpha value is -3.42. The molecule has 0 saturated carbocycles. The molecular formula is C20H22N4O4. The van der Waals surface area contributed by atoms with Crippen LogP contribution in [0, 0.1) is 6.92 Å². The number of benzene rings is 1. The molecule has 0 fully saturated rings. The summed E-state index contributed by atoms with van der Waals surface area (Å²) in [6, 6.07) is 9.72. The number of pyridine rings is 1. The van der Waals surface area contributed by atoms with Gasteiger partial charge in [-0.25, -0.2) is 14.3 Å². The molecule has 0 aliphatic rings. The number of amides is 1. The van der Waals surface area contributed by atoms with Crippen LogP contribution in [0.5, 0.6) is 5.75 Å². The summed E-state index contributed by atoms with van der Waals surface area (Å²) in [7, 11) is 2.96. The molecule has 8 nitrogen and oxygen atoms in total. The number of aryl methyl sites for hydroxylation is 2. The zero-order valence-corrected chi connectivity index (χ0v) is 16.1. The van der Waals surface area contributed by atoms with Gasteiger partial charge in [-0.05, 0) is 18.9 Å². The number of methoxy groups -OCH3 is 1. The number of rotatable bonds is 6. The largest absolute Gasteiger partial charge is 0.495 e. The lowest BCUT2D eigenvalue weighted by Crippen LogP contribution is -2.43. The molecular weight excluding hydrogens is 360 g/mol. The van der Waals surface area contributed by atoms with Crippen LogP contribution in [0.4, 0.5) is 0 Å². The highest BCUT2D eigenvalue weighted by molar-refractivity contribution is 5.83. The maximum Gasteiger partial charge on any atom is 0.332 e. The molecule has 0 saturated heterocycles. The summed E-state index contributed by atoms with van der Waals surface area (Å²) < 4.78 is 7.49. The SMILES string of the molecule is COc1c(C)cnc2c1c(=O)n(CC(=O)NCCc1ccccc1)c(=O)n2C. The smallest absolute Gasteiger partial charge is 0.332 e. The monoisotopic (exact) mass is 382 g/mol. The van der Waals surface area contributed by atoms with Crippen LogP contribution in [0.3, 0.4) is 0 Å². The third-order valence-corrected chi connectivity index (χ3v) is 4.57. The number of nitrogens with zero attached hydrogens (tertiary/aromatic N) is 3. The normalized spacial score (nSPS) is 10.8. The number of ether oxygens (including phenoxy) is 1. The first-order valence-corrected chi connectivity index (χ1v) is 8.87. The van der Waals surface area contributed by atoms with Crippen LogP contribution in [0.15, 0.2) is 46.1 Å². The van der Waals surface area contributed by atoms with Crippen LogP contribution in [0.2, 0.25) is 0 Å². The Labute approximate surface area is 161 Å². The Morgan fingerprint density at radius 2 is 1.93 bits per heavy atom. The maximum atomic E-state index is 12.9. The lowest BCUT2D eigenvalue weighted by molar-refractivity contribution is -0.121. The second-order valence-corrected chi connectivity index (χ2v) is 6.49. The van der Waals surface area contributed by atoms with Crippen molar-refractivity contribution in [2.24, 2.45) is 7.05 Å². The summed E-state index contributed by atoms with van der Waals surface area (Å²) in [4.78, 5) is 42.0. The van der Waals surface area contributed by atoms with Crippen LogP contribution in [-0.4, -0.2) is 33.7 Å². The lowest BCUT2D eigenvalue weighted by atomic mass is 10.1. The van der Waals surface area contributed by atoms with E-state index >= 15 is 0 Å². The van der Waals surface area contributed by atoms with E-state index < -0.39 is 17.2 Å². The zero-order chi connectivity index (χ0) is 20.3. The van der Waals surface area contributed by atoms with Gasteiger partial charge < -0.3 is 10.1 Å². The Kier molecular flexibility index (Phi) is 5.58. The van der Waals surface area contributed by atoms with Gasteiger partial charge in [-0.15, -0.1) is 0 Å². The third-order valence-electron chi connectivity index (χ3n) is 4.57. The van der Waals surface area contributed by atoms with Gasteiger partial charge in [0.05, 0.1) is 7.11 Å². The molecule has 2 aromatic heterocycles. The second-order valence-electron chi connectivity index (χ2n) is 6.49. The van der Waals surface area contributed by atoms with E-state index in [4.69, 9.17) is 4.74 Å². The fourth-order valence-electron chi connectivity index (χ4n) is 3.11. The first-order valence-electron chi connectivity index (χ1n) is 8.87. The summed E-state index contributed by atoms with van der Waals surface area (Å²) in [5.41, 5.74) is 0.786. The van der Waals surface area contributed by atoms with Gasteiger partial charge in [-0.3, -0.25) is 14.2 Å². The minimum Gasteiger partial charge on any atom is -0.495 e. The molecule has 28 heavy (non-hydrogen) atoms. The van der Waals surface area contributed by atoms with E-state index in [9.17, 15) is 14.4 Å². The quantitative estimate of drug-likeness (QED) is 0.680. The number of carbonyl (C=O) groups is 1. The fraction of sp³-hybridized carbons (Fsp3) is 0.300. The van der Waals surface area contributed by atoms with Gasteiger partial charge >= 0.3 is 5.69 Å². The van der Waals surface area contributed by atoms with Crippen molar-refractivity contribution in [1.82, 2.24) is 19.4 Å². The van der Waals surface area contributed by atoms with Gasteiger partial charge in [0.2, 0.25) is 5.91 Å². The van der Waals surface area contributed by atoms with Crippen molar-refractivity contribution in [2.45, 2.75) is 19.9 Å². The van der Waals surface area contributed by atoms with Crippen molar-refractivity contribution in [2.75, 3.05) is 13.7 Å². The number of hydrogen-bond donors (Lipinski definition) is 1. The van der Waals surface area contributed by atoms with Gasteiger partial charge in [-0.2, -0.15) is 0 Å². The van der Waals surface area contributed by atoms with Crippen LogP contribution in [-0.2, 0) is 24.8 Å². The molecule has 146 valence electrons. The summed E-state index contributed by atoms with van der Waals surface area (Å²) >= 11 is 0.